The molecule has 2 atom stereocenters. The molecular formula is C24H23F2N3O3. The summed E-state index contributed by atoms with van der Waals surface area (Å²) < 4.78 is 38.2. The van der Waals surface area contributed by atoms with E-state index in [0.717, 1.165) is 17.7 Å². The van der Waals surface area contributed by atoms with Crippen molar-refractivity contribution in [2.45, 2.75) is 25.7 Å². The molecule has 4 rings (SSSR count). The van der Waals surface area contributed by atoms with E-state index in [1.54, 1.807) is 20.2 Å². The highest BCUT2D eigenvalue weighted by molar-refractivity contribution is 5.96. The Morgan fingerprint density at radius 1 is 1.19 bits per heavy atom. The number of methoxy groups -OCH3 is 1. The molecule has 1 aliphatic carbocycles. The minimum absolute atomic E-state index is 0.198. The number of ether oxygens (including phenoxy) is 2. The number of hydrogen-bond donors (Lipinski definition) is 1. The minimum Gasteiger partial charge on any atom is -0.497 e. The highest BCUT2D eigenvalue weighted by Crippen LogP contribution is 2.55. The van der Waals surface area contributed by atoms with Crippen LogP contribution in [0.25, 0.3) is 0 Å². The molecule has 32 heavy (non-hydrogen) atoms. The Bertz CT molecular complexity index is 1170. The van der Waals surface area contributed by atoms with Crippen LogP contribution in [0.3, 0.4) is 0 Å². The highest BCUT2D eigenvalue weighted by Gasteiger charge is 2.60. The second kappa shape index (κ2) is 8.53. The first-order chi connectivity index (χ1) is 15.3. The topological polar surface area (TPSA) is 73.3 Å². The lowest BCUT2D eigenvalue weighted by Crippen LogP contribution is -2.27. The number of halogens is 2. The lowest BCUT2D eigenvalue weighted by atomic mass is 9.93. The molecule has 3 aromatic rings. The third-order valence-corrected chi connectivity index (χ3v) is 5.76. The van der Waals surface area contributed by atoms with Crippen LogP contribution in [0.5, 0.6) is 11.5 Å². The average molecular weight is 439 g/mol. The fourth-order valence-corrected chi connectivity index (χ4v) is 3.87. The molecule has 6 nitrogen and oxygen atoms in total. The van der Waals surface area contributed by atoms with Crippen molar-refractivity contribution in [2.75, 3.05) is 19.0 Å². The molecule has 0 saturated heterocycles. The molecule has 8 heteroatoms. The van der Waals surface area contributed by atoms with Crippen molar-refractivity contribution in [3.63, 3.8) is 0 Å². The summed E-state index contributed by atoms with van der Waals surface area (Å²) in [5, 5.41) is 2.68. The maximum absolute atomic E-state index is 13.5. The van der Waals surface area contributed by atoms with Gasteiger partial charge in [-0.15, -0.1) is 0 Å². The monoisotopic (exact) mass is 439 g/mol. The molecular weight excluding hydrogens is 416 g/mol. The van der Waals surface area contributed by atoms with Gasteiger partial charge in [0.2, 0.25) is 5.91 Å². The summed E-state index contributed by atoms with van der Waals surface area (Å²) in [6.07, 6.45) is 2.15. The fraction of sp³-hybridized carbons (Fsp3) is 0.292. The Balaban J connectivity index is 1.58. The predicted octanol–water partition coefficient (Wildman–Crippen LogP) is 4.36. The van der Waals surface area contributed by atoms with Crippen LogP contribution in [-0.2, 0) is 10.2 Å². The van der Waals surface area contributed by atoms with E-state index in [1.165, 1.54) is 6.07 Å². The summed E-state index contributed by atoms with van der Waals surface area (Å²) in [5.74, 6) is -0.839. The summed E-state index contributed by atoms with van der Waals surface area (Å²) in [4.78, 5) is 21.5. The summed E-state index contributed by atoms with van der Waals surface area (Å²) in [6, 6.07) is 10.8. The van der Waals surface area contributed by atoms with Crippen molar-refractivity contribution in [1.29, 1.82) is 0 Å². The van der Waals surface area contributed by atoms with Crippen LogP contribution >= 0.6 is 0 Å². The zero-order chi connectivity index (χ0) is 22.9. The smallest absolute Gasteiger partial charge is 0.228 e. The van der Waals surface area contributed by atoms with Gasteiger partial charge in [-0.3, -0.25) is 4.79 Å². The Morgan fingerprint density at radius 2 is 2.00 bits per heavy atom. The quantitative estimate of drug-likeness (QED) is 0.592. The fourth-order valence-electron chi connectivity index (χ4n) is 3.87. The van der Waals surface area contributed by atoms with Gasteiger partial charge in [-0.1, -0.05) is 12.1 Å². The normalized spacial score (nSPS) is 19.3. The van der Waals surface area contributed by atoms with E-state index in [2.05, 4.69) is 15.3 Å². The third-order valence-electron chi connectivity index (χ3n) is 5.76. The standard InChI is InChI=1S/C24H23F2N3O3/c1-14-22(12-27-15(2)28-14)32-13-24(16-5-4-6-18(9-16)31-3)11-19(24)23(30)29-17-7-8-20(25)21(26)10-17/h4-10,12,19H,11,13H2,1-3H3,(H,29,30). The van der Waals surface area contributed by atoms with Crippen molar-refractivity contribution in [2.24, 2.45) is 5.92 Å². The SMILES string of the molecule is COc1cccc(C2(COc3cnc(C)nc3C)CC2C(=O)Nc2ccc(F)c(F)c2)c1. The van der Waals surface area contributed by atoms with Gasteiger partial charge in [0.1, 0.15) is 11.6 Å². The second-order valence-corrected chi connectivity index (χ2v) is 7.92. The van der Waals surface area contributed by atoms with Crippen LogP contribution in [0.4, 0.5) is 14.5 Å². The number of carbonyl (C=O) groups is 1. The molecule has 1 saturated carbocycles. The van der Waals surface area contributed by atoms with E-state index in [4.69, 9.17) is 9.47 Å². The van der Waals surface area contributed by atoms with Gasteiger partial charge in [0.05, 0.1) is 31.5 Å². The van der Waals surface area contributed by atoms with E-state index in [0.29, 0.717) is 29.4 Å². The van der Waals surface area contributed by atoms with E-state index in [1.807, 2.05) is 31.2 Å². The van der Waals surface area contributed by atoms with Crippen LogP contribution in [0, 0.1) is 31.4 Å². The summed E-state index contributed by atoms with van der Waals surface area (Å²) in [5.41, 5.74) is 1.20. The molecule has 2 unspecified atom stereocenters. The van der Waals surface area contributed by atoms with Gasteiger partial charge >= 0.3 is 0 Å². The molecule has 0 spiro atoms. The molecule has 0 bridgehead atoms. The van der Waals surface area contributed by atoms with Crippen LogP contribution in [0.1, 0.15) is 23.5 Å². The Morgan fingerprint density at radius 3 is 2.72 bits per heavy atom. The molecule has 1 aromatic heterocycles. The van der Waals surface area contributed by atoms with Gasteiger partial charge in [0, 0.05) is 17.2 Å². The van der Waals surface area contributed by atoms with Gasteiger partial charge < -0.3 is 14.8 Å². The Labute approximate surface area is 184 Å². The van der Waals surface area contributed by atoms with Gasteiger partial charge in [0.15, 0.2) is 17.4 Å². The van der Waals surface area contributed by atoms with Crippen molar-refractivity contribution in [1.82, 2.24) is 9.97 Å². The second-order valence-electron chi connectivity index (χ2n) is 7.92. The number of hydrogen-bond acceptors (Lipinski definition) is 5. The molecule has 0 aliphatic heterocycles. The van der Waals surface area contributed by atoms with Gasteiger partial charge in [-0.2, -0.15) is 0 Å². The number of nitrogens with one attached hydrogen (secondary N) is 1. The first-order valence-corrected chi connectivity index (χ1v) is 10.2. The molecule has 1 fully saturated rings. The zero-order valence-corrected chi connectivity index (χ0v) is 18.0. The molecule has 1 aliphatic rings. The van der Waals surface area contributed by atoms with E-state index >= 15 is 0 Å². The molecule has 1 N–H and O–H groups in total. The van der Waals surface area contributed by atoms with Crippen molar-refractivity contribution >= 4 is 11.6 Å². The number of amides is 1. The molecule has 2 aromatic carbocycles. The number of anilines is 1. The van der Waals surface area contributed by atoms with E-state index < -0.39 is 23.0 Å². The Kier molecular flexibility index (Phi) is 5.78. The molecule has 1 amide bonds. The maximum atomic E-state index is 13.5. The molecule has 1 heterocycles. The number of rotatable bonds is 7. The predicted molar refractivity (Wildman–Crippen MR) is 115 cm³/mol. The van der Waals surface area contributed by atoms with Crippen molar-refractivity contribution in [3.05, 3.63) is 77.4 Å². The third kappa shape index (κ3) is 4.26. The first-order valence-electron chi connectivity index (χ1n) is 10.2. The summed E-state index contributed by atoms with van der Waals surface area (Å²) in [6.45, 7) is 3.86. The van der Waals surface area contributed by atoms with Crippen molar-refractivity contribution in [3.8, 4) is 11.5 Å². The summed E-state index contributed by atoms with van der Waals surface area (Å²) >= 11 is 0. The lowest BCUT2D eigenvalue weighted by molar-refractivity contribution is -0.117. The summed E-state index contributed by atoms with van der Waals surface area (Å²) in [7, 11) is 1.58. The number of aryl methyl sites for hydroxylation is 2. The number of carbonyl (C=O) groups excluding carboxylic acids is 1. The number of benzene rings is 2. The number of nitrogens with zero attached hydrogens (tertiary/aromatic N) is 2. The zero-order valence-electron chi connectivity index (χ0n) is 18.0. The van der Waals surface area contributed by atoms with Gasteiger partial charge in [-0.25, -0.2) is 18.7 Å². The van der Waals surface area contributed by atoms with Crippen LogP contribution in [0.2, 0.25) is 0 Å². The first kappa shape index (κ1) is 21.7. The highest BCUT2D eigenvalue weighted by atomic mass is 19.2. The largest absolute Gasteiger partial charge is 0.497 e. The number of aromatic nitrogens is 2. The average Bonchev–Trinajstić information content (AvgIpc) is 3.52. The van der Waals surface area contributed by atoms with Crippen LogP contribution in [-0.4, -0.2) is 29.6 Å². The maximum Gasteiger partial charge on any atom is 0.228 e. The van der Waals surface area contributed by atoms with E-state index in [-0.39, 0.29) is 18.2 Å². The van der Waals surface area contributed by atoms with Gasteiger partial charge in [-0.05, 0) is 50.1 Å². The van der Waals surface area contributed by atoms with Crippen LogP contribution in [0.15, 0.2) is 48.7 Å². The van der Waals surface area contributed by atoms with Crippen molar-refractivity contribution < 1.29 is 23.0 Å². The molecule has 166 valence electrons. The van der Waals surface area contributed by atoms with Crippen LogP contribution < -0.4 is 14.8 Å². The lowest BCUT2D eigenvalue weighted by Gasteiger charge is -2.20. The minimum atomic E-state index is -1.02. The van der Waals surface area contributed by atoms with Gasteiger partial charge in [0.25, 0.3) is 0 Å². The van der Waals surface area contributed by atoms with E-state index in [9.17, 15) is 13.6 Å². The Hall–Kier alpha value is -3.55. The molecule has 0 radical (unpaired) electrons.